The van der Waals surface area contributed by atoms with Gasteiger partial charge in [0.1, 0.15) is 11.9 Å². The van der Waals surface area contributed by atoms with Crippen molar-refractivity contribution in [3.63, 3.8) is 0 Å². The first-order valence-electron chi connectivity index (χ1n) is 10.1. The van der Waals surface area contributed by atoms with Gasteiger partial charge in [-0.2, -0.15) is 0 Å². The molecule has 29 heavy (non-hydrogen) atoms. The monoisotopic (exact) mass is 394 g/mol. The fourth-order valence-electron chi connectivity index (χ4n) is 4.10. The van der Waals surface area contributed by atoms with Gasteiger partial charge in [0.15, 0.2) is 0 Å². The molecule has 4 rings (SSSR count). The average molecular weight is 394 g/mol. The maximum absolute atomic E-state index is 11.8. The molecule has 2 heterocycles. The molecule has 2 aromatic carbocycles. The molecular weight excluding hydrogens is 368 g/mol. The third kappa shape index (κ3) is 4.04. The van der Waals surface area contributed by atoms with Gasteiger partial charge in [0.25, 0.3) is 0 Å². The standard InChI is InChI=1S/C23H26N2O4/c1-24-22(27)8-5-17(14-26)20-15-29-21-7-6-18-16(3-2-4-19(18)23(20)21)13-25-9-11-28-12-10-25/h2-4,6-7,14-15,17H,5,8-13H2,1H3,(H,24,27). The first kappa shape index (κ1) is 19.6. The van der Waals surface area contributed by atoms with Crippen LogP contribution in [0, 0.1) is 0 Å². The van der Waals surface area contributed by atoms with E-state index >= 15 is 0 Å². The Labute approximate surface area is 169 Å². The minimum atomic E-state index is -0.373. The number of furan rings is 1. The number of carbonyl (C=O) groups excluding carboxylic acids is 2. The first-order valence-corrected chi connectivity index (χ1v) is 10.1. The molecule has 1 N–H and O–H groups in total. The van der Waals surface area contributed by atoms with Gasteiger partial charge < -0.3 is 19.3 Å². The molecule has 1 aromatic heterocycles. The number of fused-ring (bicyclic) bond motifs is 3. The van der Waals surface area contributed by atoms with Gasteiger partial charge in [-0.15, -0.1) is 0 Å². The van der Waals surface area contributed by atoms with Gasteiger partial charge in [-0.05, 0) is 28.8 Å². The maximum atomic E-state index is 11.8. The SMILES string of the molecule is CNC(=O)CCC(C=O)c1coc2ccc3c(CN4CCOCC4)cccc3c12. The number of nitrogens with one attached hydrogen (secondary N) is 1. The maximum Gasteiger partial charge on any atom is 0.219 e. The van der Waals surface area contributed by atoms with Crippen molar-refractivity contribution in [3.8, 4) is 0 Å². The number of morpholine rings is 1. The second-order valence-electron chi connectivity index (χ2n) is 7.48. The third-order valence-electron chi connectivity index (χ3n) is 5.74. The van der Waals surface area contributed by atoms with Crippen molar-refractivity contribution in [1.29, 1.82) is 0 Å². The summed E-state index contributed by atoms with van der Waals surface area (Å²) in [5.74, 6) is -0.440. The van der Waals surface area contributed by atoms with Crippen molar-refractivity contribution >= 4 is 33.9 Å². The van der Waals surface area contributed by atoms with Crippen molar-refractivity contribution < 1.29 is 18.7 Å². The van der Waals surface area contributed by atoms with Crippen molar-refractivity contribution in [2.24, 2.45) is 0 Å². The fourth-order valence-corrected chi connectivity index (χ4v) is 4.10. The molecule has 0 spiro atoms. The van der Waals surface area contributed by atoms with E-state index in [-0.39, 0.29) is 11.8 Å². The van der Waals surface area contributed by atoms with E-state index in [0.717, 1.165) is 61.1 Å². The summed E-state index contributed by atoms with van der Waals surface area (Å²) in [5.41, 5.74) is 2.88. The lowest BCUT2D eigenvalue weighted by molar-refractivity contribution is -0.120. The van der Waals surface area contributed by atoms with Crippen LogP contribution in [0.3, 0.4) is 0 Å². The number of hydrogen-bond donors (Lipinski definition) is 1. The summed E-state index contributed by atoms with van der Waals surface area (Å²) in [4.78, 5) is 25.9. The Morgan fingerprint density at radius 3 is 2.79 bits per heavy atom. The zero-order valence-electron chi connectivity index (χ0n) is 16.6. The number of hydrogen-bond acceptors (Lipinski definition) is 5. The van der Waals surface area contributed by atoms with Gasteiger partial charge in [0, 0.05) is 50.0 Å². The summed E-state index contributed by atoms with van der Waals surface area (Å²) in [6.07, 6.45) is 3.35. The number of amides is 1. The van der Waals surface area contributed by atoms with E-state index in [1.165, 1.54) is 10.9 Å². The van der Waals surface area contributed by atoms with E-state index in [1.807, 2.05) is 6.07 Å². The molecular formula is C23H26N2O4. The molecule has 0 saturated carbocycles. The smallest absolute Gasteiger partial charge is 0.219 e. The Balaban J connectivity index is 1.72. The van der Waals surface area contributed by atoms with E-state index in [9.17, 15) is 9.59 Å². The Kier molecular flexibility index (Phi) is 5.92. The van der Waals surface area contributed by atoms with Crippen molar-refractivity contribution in [2.45, 2.75) is 25.3 Å². The quantitative estimate of drug-likeness (QED) is 0.623. The number of aldehydes is 1. The van der Waals surface area contributed by atoms with Gasteiger partial charge in [-0.25, -0.2) is 0 Å². The van der Waals surface area contributed by atoms with Crippen molar-refractivity contribution in [3.05, 3.63) is 47.7 Å². The van der Waals surface area contributed by atoms with Crippen molar-refractivity contribution in [1.82, 2.24) is 10.2 Å². The molecule has 1 unspecified atom stereocenters. The lowest BCUT2D eigenvalue weighted by Gasteiger charge is -2.27. The van der Waals surface area contributed by atoms with Gasteiger partial charge in [0.05, 0.1) is 19.5 Å². The largest absolute Gasteiger partial charge is 0.464 e. The van der Waals surface area contributed by atoms with E-state index in [0.29, 0.717) is 12.8 Å². The molecule has 0 radical (unpaired) electrons. The van der Waals surface area contributed by atoms with Gasteiger partial charge in [0.2, 0.25) is 5.91 Å². The van der Waals surface area contributed by atoms with Crippen LogP contribution in [-0.4, -0.2) is 50.4 Å². The molecule has 0 aliphatic carbocycles. The molecule has 6 nitrogen and oxygen atoms in total. The summed E-state index contributed by atoms with van der Waals surface area (Å²) in [6, 6.07) is 10.4. The summed E-state index contributed by atoms with van der Waals surface area (Å²) in [6.45, 7) is 4.28. The zero-order valence-corrected chi connectivity index (χ0v) is 16.6. The molecule has 6 heteroatoms. The fraction of sp³-hybridized carbons (Fsp3) is 0.391. The lowest BCUT2D eigenvalue weighted by atomic mass is 9.91. The van der Waals surface area contributed by atoms with Crippen LogP contribution in [-0.2, 0) is 20.9 Å². The topological polar surface area (TPSA) is 71.8 Å². The highest BCUT2D eigenvalue weighted by atomic mass is 16.5. The van der Waals surface area contributed by atoms with Gasteiger partial charge >= 0.3 is 0 Å². The summed E-state index contributed by atoms with van der Waals surface area (Å²) >= 11 is 0. The van der Waals surface area contributed by atoms with Crippen LogP contribution in [0.5, 0.6) is 0 Å². The molecule has 1 atom stereocenters. The summed E-state index contributed by atoms with van der Waals surface area (Å²) < 4.78 is 11.2. The molecule has 0 bridgehead atoms. The predicted molar refractivity (Wildman–Crippen MR) is 112 cm³/mol. The Morgan fingerprint density at radius 1 is 1.21 bits per heavy atom. The Morgan fingerprint density at radius 2 is 2.03 bits per heavy atom. The van der Waals surface area contributed by atoms with Crippen LogP contribution in [0.2, 0.25) is 0 Å². The normalized spacial score (nSPS) is 16.2. The number of benzene rings is 2. The molecule has 1 amide bonds. The highest BCUT2D eigenvalue weighted by Gasteiger charge is 2.20. The van der Waals surface area contributed by atoms with E-state index in [2.05, 4.69) is 34.5 Å². The van der Waals surface area contributed by atoms with Crippen LogP contribution < -0.4 is 5.32 Å². The molecule has 1 aliphatic heterocycles. The van der Waals surface area contributed by atoms with Gasteiger partial charge in [-0.3, -0.25) is 9.69 Å². The second-order valence-corrected chi connectivity index (χ2v) is 7.48. The van der Waals surface area contributed by atoms with Gasteiger partial charge in [-0.1, -0.05) is 24.3 Å². The minimum absolute atomic E-state index is 0.0673. The van der Waals surface area contributed by atoms with E-state index in [4.69, 9.17) is 9.15 Å². The number of rotatable bonds is 7. The van der Waals surface area contributed by atoms with E-state index in [1.54, 1.807) is 13.3 Å². The third-order valence-corrected chi connectivity index (χ3v) is 5.74. The summed E-state index contributed by atoms with van der Waals surface area (Å²) in [5, 5.41) is 5.84. The minimum Gasteiger partial charge on any atom is -0.464 e. The van der Waals surface area contributed by atoms with Crippen LogP contribution in [0.15, 0.2) is 41.0 Å². The number of carbonyl (C=O) groups is 2. The molecule has 152 valence electrons. The van der Waals surface area contributed by atoms with E-state index < -0.39 is 0 Å². The number of nitrogens with zero attached hydrogens (tertiary/aromatic N) is 1. The van der Waals surface area contributed by atoms with Crippen LogP contribution in [0.4, 0.5) is 0 Å². The van der Waals surface area contributed by atoms with Crippen molar-refractivity contribution in [2.75, 3.05) is 33.4 Å². The van der Waals surface area contributed by atoms with Crippen LogP contribution in [0.1, 0.15) is 29.9 Å². The van der Waals surface area contributed by atoms with Crippen LogP contribution in [0.25, 0.3) is 21.7 Å². The average Bonchev–Trinajstić information content (AvgIpc) is 3.19. The molecule has 1 saturated heterocycles. The number of ether oxygens (including phenoxy) is 1. The predicted octanol–water partition coefficient (Wildman–Crippen LogP) is 3.23. The second kappa shape index (κ2) is 8.76. The molecule has 1 fully saturated rings. The highest BCUT2D eigenvalue weighted by Crippen LogP contribution is 2.36. The zero-order chi connectivity index (χ0) is 20.2. The van der Waals surface area contributed by atoms with Crippen LogP contribution >= 0.6 is 0 Å². The Hall–Kier alpha value is -2.70. The highest BCUT2D eigenvalue weighted by molar-refractivity contribution is 6.09. The first-order chi connectivity index (χ1) is 14.2. The lowest BCUT2D eigenvalue weighted by Crippen LogP contribution is -2.35. The molecule has 1 aliphatic rings. The molecule has 3 aromatic rings. The summed E-state index contributed by atoms with van der Waals surface area (Å²) in [7, 11) is 1.61. The Bertz CT molecular complexity index is 1020.